The molecule has 0 aliphatic carbocycles. The number of imide groups is 2. The molecular weight excluding hydrogens is 440 g/mol. The molecule has 172 valence electrons. The Morgan fingerprint density at radius 3 is 1.26 bits per heavy atom. The van der Waals surface area contributed by atoms with Crippen LogP contribution in [-0.2, 0) is 48.5 Å². The van der Waals surface area contributed by atoms with Gasteiger partial charge in [0.15, 0.2) is 0 Å². The molecule has 0 aromatic heterocycles. The number of carbonyl (C=O) groups is 6. The van der Waals surface area contributed by atoms with Crippen molar-refractivity contribution in [2.45, 2.75) is 13.8 Å². The average molecular weight is 462 g/mol. The van der Waals surface area contributed by atoms with Crippen LogP contribution >= 0.6 is 0 Å². The minimum absolute atomic E-state index is 0.0414. The Balaban J connectivity index is 2.08. The minimum Gasteiger partial charge on any atom is -0.465 e. The monoisotopic (exact) mass is 462 g/mol. The highest BCUT2D eigenvalue weighted by molar-refractivity contribution is 7.86. The number of ether oxygens (including phenoxy) is 2. The zero-order valence-electron chi connectivity index (χ0n) is 16.9. The first-order valence-electron chi connectivity index (χ1n) is 9.24. The van der Waals surface area contributed by atoms with Crippen molar-refractivity contribution in [1.82, 2.24) is 18.4 Å². The third kappa shape index (κ3) is 5.62. The summed E-state index contributed by atoms with van der Waals surface area (Å²) >= 11 is 0. The van der Waals surface area contributed by atoms with Crippen LogP contribution in [0.5, 0.6) is 0 Å². The van der Waals surface area contributed by atoms with E-state index < -0.39 is 85.0 Å². The Labute approximate surface area is 177 Å². The normalized spacial score (nSPS) is 19.0. The lowest BCUT2D eigenvalue weighted by molar-refractivity contribution is -0.158. The summed E-state index contributed by atoms with van der Waals surface area (Å²) in [7, 11) is -4.54. The van der Waals surface area contributed by atoms with Crippen molar-refractivity contribution in [3.8, 4) is 0 Å². The molecule has 0 radical (unpaired) electrons. The average Bonchev–Trinajstić information content (AvgIpc) is 2.67. The van der Waals surface area contributed by atoms with E-state index in [9.17, 15) is 37.2 Å². The quantitative estimate of drug-likeness (QED) is 0.263. The van der Waals surface area contributed by atoms with Gasteiger partial charge in [-0.05, 0) is 13.8 Å². The fraction of sp³-hybridized carbons (Fsp3) is 0.625. The third-order valence-electron chi connectivity index (χ3n) is 4.29. The van der Waals surface area contributed by atoms with Gasteiger partial charge in [-0.3, -0.25) is 38.6 Å². The van der Waals surface area contributed by atoms with Crippen molar-refractivity contribution in [3.05, 3.63) is 0 Å². The second-order valence-corrected chi connectivity index (χ2v) is 8.33. The second-order valence-electron chi connectivity index (χ2n) is 6.40. The van der Waals surface area contributed by atoms with Crippen LogP contribution in [0.2, 0.25) is 0 Å². The third-order valence-corrected chi connectivity index (χ3v) is 6.11. The molecule has 2 rings (SSSR count). The molecule has 0 saturated carbocycles. The molecule has 0 bridgehead atoms. The standard InChI is InChI=1S/C16H22N4O10S/c1-3-29-15(25)9-19-11(21)5-17(6-12(19)22)31(27,28)18-7-13(23)20(14(24)8-18)10-16(26)30-4-2/h3-10H2,1-2H3. The lowest BCUT2D eigenvalue weighted by atomic mass is 10.3. The van der Waals surface area contributed by atoms with Gasteiger partial charge in [-0.1, -0.05) is 0 Å². The van der Waals surface area contributed by atoms with E-state index in [4.69, 9.17) is 0 Å². The van der Waals surface area contributed by atoms with E-state index in [1.54, 1.807) is 13.8 Å². The molecule has 0 aromatic rings. The number of rotatable bonds is 8. The molecule has 15 heteroatoms. The smallest absolute Gasteiger partial charge is 0.326 e. The van der Waals surface area contributed by atoms with Gasteiger partial charge in [0.05, 0.1) is 39.4 Å². The predicted molar refractivity (Wildman–Crippen MR) is 98.8 cm³/mol. The summed E-state index contributed by atoms with van der Waals surface area (Å²) in [5.41, 5.74) is 0. The maximum absolute atomic E-state index is 12.8. The van der Waals surface area contributed by atoms with Gasteiger partial charge in [-0.25, -0.2) is 0 Å². The van der Waals surface area contributed by atoms with Gasteiger partial charge in [0.25, 0.3) is 10.2 Å². The molecule has 2 fully saturated rings. The van der Waals surface area contributed by atoms with Crippen molar-refractivity contribution in [3.63, 3.8) is 0 Å². The van der Waals surface area contributed by atoms with Crippen LogP contribution in [0.25, 0.3) is 0 Å². The van der Waals surface area contributed by atoms with E-state index in [1.165, 1.54) is 0 Å². The Hall–Kier alpha value is -2.91. The number of piperazine rings is 2. The molecule has 2 aliphatic heterocycles. The number of hydrogen-bond donors (Lipinski definition) is 0. The largest absolute Gasteiger partial charge is 0.465 e. The fourth-order valence-corrected chi connectivity index (χ4v) is 4.27. The van der Waals surface area contributed by atoms with Crippen LogP contribution in [0, 0.1) is 0 Å². The lowest BCUT2D eigenvalue weighted by Gasteiger charge is -2.37. The van der Waals surface area contributed by atoms with Crippen LogP contribution in [0.3, 0.4) is 0 Å². The first-order chi connectivity index (χ1) is 14.5. The number of esters is 2. The van der Waals surface area contributed by atoms with Gasteiger partial charge >= 0.3 is 11.9 Å². The molecule has 14 nitrogen and oxygen atoms in total. The summed E-state index contributed by atoms with van der Waals surface area (Å²) in [5, 5.41) is 0. The maximum Gasteiger partial charge on any atom is 0.326 e. The molecule has 0 unspecified atom stereocenters. The van der Waals surface area contributed by atoms with Gasteiger partial charge in [-0.2, -0.15) is 17.0 Å². The molecule has 2 heterocycles. The maximum atomic E-state index is 12.8. The highest BCUT2D eigenvalue weighted by atomic mass is 32.2. The SMILES string of the molecule is CCOC(=O)CN1C(=O)CN(S(=O)(=O)N2CC(=O)N(CC(=O)OCC)C(=O)C2)CC1=O. The predicted octanol–water partition coefficient (Wildman–Crippen LogP) is -3.30. The van der Waals surface area contributed by atoms with E-state index in [1.807, 2.05) is 0 Å². The van der Waals surface area contributed by atoms with Gasteiger partial charge in [0, 0.05) is 0 Å². The van der Waals surface area contributed by atoms with Gasteiger partial charge in [-0.15, -0.1) is 0 Å². The highest BCUT2D eigenvalue weighted by Crippen LogP contribution is 2.17. The summed E-state index contributed by atoms with van der Waals surface area (Å²) in [5.74, 6) is -5.46. The summed E-state index contributed by atoms with van der Waals surface area (Å²) < 4.78 is 36.0. The fourth-order valence-electron chi connectivity index (χ4n) is 2.85. The van der Waals surface area contributed by atoms with Crippen molar-refractivity contribution in [2.24, 2.45) is 0 Å². The van der Waals surface area contributed by atoms with E-state index in [-0.39, 0.29) is 13.2 Å². The molecule has 4 amide bonds. The summed E-state index contributed by atoms with van der Waals surface area (Å²) in [6, 6.07) is 0. The summed E-state index contributed by atoms with van der Waals surface area (Å²) in [6.07, 6.45) is 0. The van der Waals surface area contributed by atoms with Crippen LogP contribution in [-0.4, -0.2) is 115 Å². The van der Waals surface area contributed by atoms with Gasteiger partial charge in [0.1, 0.15) is 13.1 Å². The highest BCUT2D eigenvalue weighted by Gasteiger charge is 2.44. The zero-order valence-corrected chi connectivity index (χ0v) is 17.8. The molecule has 0 N–H and O–H groups in total. The van der Waals surface area contributed by atoms with Crippen LogP contribution in [0.4, 0.5) is 0 Å². The van der Waals surface area contributed by atoms with E-state index in [2.05, 4.69) is 9.47 Å². The van der Waals surface area contributed by atoms with Crippen LogP contribution in [0.1, 0.15) is 13.8 Å². The van der Waals surface area contributed by atoms with Crippen molar-refractivity contribution >= 4 is 45.8 Å². The van der Waals surface area contributed by atoms with E-state index in [0.717, 1.165) is 0 Å². The van der Waals surface area contributed by atoms with Gasteiger partial charge < -0.3 is 9.47 Å². The molecule has 2 aliphatic rings. The van der Waals surface area contributed by atoms with E-state index >= 15 is 0 Å². The molecule has 0 aromatic carbocycles. The van der Waals surface area contributed by atoms with Crippen molar-refractivity contribution < 1.29 is 46.7 Å². The number of carbonyl (C=O) groups excluding carboxylic acids is 6. The van der Waals surface area contributed by atoms with Crippen LogP contribution < -0.4 is 0 Å². The van der Waals surface area contributed by atoms with Crippen molar-refractivity contribution in [1.29, 1.82) is 0 Å². The molecule has 2 saturated heterocycles. The summed E-state index contributed by atoms with van der Waals surface area (Å²) in [6.45, 7) is -1.19. The number of hydrogen-bond acceptors (Lipinski definition) is 10. The minimum atomic E-state index is -4.54. The molecule has 0 atom stereocenters. The molecule has 0 spiro atoms. The Morgan fingerprint density at radius 2 is 1.00 bits per heavy atom. The number of amides is 4. The Morgan fingerprint density at radius 1 is 0.710 bits per heavy atom. The van der Waals surface area contributed by atoms with Crippen molar-refractivity contribution in [2.75, 3.05) is 52.5 Å². The van der Waals surface area contributed by atoms with E-state index in [0.29, 0.717) is 18.4 Å². The Bertz CT molecular complexity index is 800. The molecule has 31 heavy (non-hydrogen) atoms. The second kappa shape index (κ2) is 9.93. The van der Waals surface area contributed by atoms with Gasteiger partial charge in [0.2, 0.25) is 23.6 Å². The first-order valence-corrected chi connectivity index (χ1v) is 10.6. The first kappa shape index (κ1) is 24.4. The lowest BCUT2D eigenvalue weighted by Crippen LogP contribution is -2.63. The summed E-state index contributed by atoms with van der Waals surface area (Å²) in [4.78, 5) is 73.1. The zero-order chi connectivity index (χ0) is 23.3. The van der Waals surface area contributed by atoms with Crippen LogP contribution in [0.15, 0.2) is 0 Å². The number of nitrogens with zero attached hydrogens (tertiary/aromatic N) is 4. The molecular formula is C16H22N4O10S. The Kier molecular flexibility index (Phi) is 7.80. The topological polar surface area (TPSA) is 168 Å².